The predicted octanol–water partition coefficient (Wildman–Crippen LogP) is 3.44. The van der Waals surface area contributed by atoms with Crippen molar-refractivity contribution in [1.82, 2.24) is 15.2 Å². The van der Waals surface area contributed by atoms with Crippen LogP contribution in [0.5, 0.6) is 0 Å². The topological polar surface area (TPSA) is 28.2 Å². The van der Waals surface area contributed by atoms with Crippen LogP contribution in [0.2, 0.25) is 0 Å². The summed E-state index contributed by atoms with van der Waals surface area (Å²) in [7, 11) is 0. The Morgan fingerprint density at radius 3 is 2.86 bits per heavy atom. The lowest BCUT2D eigenvalue weighted by atomic mass is 9.87. The van der Waals surface area contributed by atoms with E-state index in [1.165, 1.54) is 36.5 Å². The van der Waals surface area contributed by atoms with E-state index in [1.807, 2.05) is 0 Å². The van der Waals surface area contributed by atoms with Crippen LogP contribution in [0.1, 0.15) is 50.7 Å². The van der Waals surface area contributed by atoms with Gasteiger partial charge in [-0.3, -0.25) is 4.90 Å². The normalized spacial score (nSPS) is 32.3. The molecule has 3 nitrogen and oxygen atoms in total. The maximum Gasteiger partial charge on any atom is 0.0897 e. The molecule has 0 radical (unpaired) electrons. The average molecular weight is 308 g/mol. The maximum absolute atomic E-state index is 4.69. The number of thiazole rings is 1. The molecule has 118 valence electrons. The van der Waals surface area contributed by atoms with Gasteiger partial charge in [-0.1, -0.05) is 20.3 Å². The molecular formula is C17H29N3S. The van der Waals surface area contributed by atoms with Crippen molar-refractivity contribution in [2.75, 3.05) is 13.1 Å². The molecule has 1 saturated heterocycles. The van der Waals surface area contributed by atoms with Crippen molar-refractivity contribution >= 4 is 11.3 Å². The first-order valence-electron chi connectivity index (χ1n) is 8.42. The molecule has 0 aromatic carbocycles. The van der Waals surface area contributed by atoms with Crippen molar-refractivity contribution in [2.24, 2.45) is 11.8 Å². The molecule has 3 unspecified atom stereocenters. The van der Waals surface area contributed by atoms with E-state index in [1.54, 1.807) is 11.3 Å². The monoisotopic (exact) mass is 307 g/mol. The van der Waals surface area contributed by atoms with Gasteiger partial charge in [-0.25, -0.2) is 4.98 Å². The lowest BCUT2D eigenvalue weighted by molar-refractivity contribution is 0.0405. The molecule has 1 N–H and O–H groups in total. The van der Waals surface area contributed by atoms with Crippen LogP contribution in [-0.4, -0.2) is 34.6 Å². The Morgan fingerprint density at radius 1 is 1.52 bits per heavy atom. The SMILES string of the molecule is CCC(C)C1CNC(C)(C2CC2)CN1Cc1csc(C)n1. The summed E-state index contributed by atoms with van der Waals surface area (Å²) in [6.07, 6.45) is 4.06. The number of nitrogens with zero attached hydrogens (tertiary/aromatic N) is 2. The highest BCUT2D eigenvalue weighted by Gasteiger charge is 2.46. The first-order chi connectivity index (χ1) is 10.0. The van der Waals surface area contributed by atoms with Crippen LogP contribution in [-0.2, 0) is 6.54 Å². The van der Waals surface area contributed by atoms with Crippen molar-refractivity contribution in [3.05, 3.63) is 16.1 Å². The van der Waals surface area contributed by atoms with Gasteiger partial charge in [0.25, 0.3) is 0 Å². The number of rotatable bonds is 5. The van der Waals surface area contributed by atoms with E-state index in [0.29, 0.717) is 11.6 Å². The Bertz CT molecular complexity index is 482. The Balaban J connectivity index is 1.75. The van der Waals surface area contributed by atoms with Crippen molar-refractivity contribution in [2.45, 2.75) is 65.1 Å². The standard InChI is InChI=1S/C17H29N3S/c1-5-12(2)16-8-18-17(4,14-6-7-14)11-20(16)9-15-10-21-13(3)19-15/h10,12,14,16,18H,5-9,11H2,1-4H3. The smallest absolute Gasteiger partial charge is 0.0897 e. The second-order valence-electron chi connectivity index (χ2n) is 7.29. The third-order valence-electron chi connectivity index (χ3n) is 5.53. The zero-order chi connectivity index (χ0) is 15.0. The Labute approximate surface area is 133 Å². The average Bonchev–Trinajstić information content (AvgIpc) is 3.24. The fourth-order valence-corrected chi connectivity index (χ4v) is 4.35. The molecular weight excluding hydrogens is 278 g/mol. The number of nitrogens with one attached hydrogen (secondary N) is 1. The van der Waals surface area contributed by atoms with E-state index in [-0.39, 0.29) is 0 Å². The van der Waals surface area contributed by atoms with E-state index in [2.05, 4.69) is 48.3 Å². The van der Waals surface area contributed by atoms with Crippen molar-refractivity contribution < 1.29 is 0 Å². The molecule has 1 aliphatic carbocycles. The van der Waals surface area contributed by atoms with Gasteiger partial charge in [0.05, 0.1) is 10.7 Å². The molecule has 1 saturated carbocycles. The summed E-state index contributed by atoms with van der Waals surface area (Å²) in [6.45, 7) is 12.6. The molecule has 4 heteroatoms. The van der Waals surface area contributed by atoms with Crippen molar-refractivity contribution in [3.8, 4) is 0 Å². The second kappa shape index (κ2) is 5.98. The molecule has 3 rings (SSSR count). The number of aryl methyl sites for hydroxylation is 1. The minimum absolute atomic E-state index is 0.315. The Morgan fingerprint density at radius 2 is 2.29 bits per heavy atom. The van der Waals surface area contributed by atoms with Crippen molar-refractivity contribution in [3.63, 3.8) is 0 Å². The van der Waals surface area contributed by atoms with Crippen LogP contribution in [0.25, 0.3) is 0 Å². The van der Waals surface area contributed by atoms with Gasteiger partial charge < -0.3 is 5.32 Å². The van der Waals surface area contributed by atoms with Gasteiger partial charge in [0.1, 0.15) is 0 Å². The first-order valence-corrected chi connectivity index (χ1v) is 9.30. The van der Waals surface area contributed by atoms with E-state index in [0.717, 1.165) is 24.9 Å². The van der Waals surface area contributed by atoms with Crippen LogP contribution in [0.4, 0.5) is 0 Å². The van der Waals surface area contributed by atoms with Gasteiger partial charge in [0.2, 0.25) is 0 Å². The summed E-state index contributed by atoms with van der Waals surface area (Å²) in [5.41, 5.74) is 1.57. The fraction of sp³-hybridized carbons (Fsp3) is 0.824. The first kappa shape index (κ1) is 15.4. The molecule has 1 aromatic rings. The van der Waals surface area contributed by atoms with Crippen LogP contribution in [0.15, 0.2) is 5.38 Å². The zero-order valence-electron chi connectivity index (χ0n) is 13.9. The predicted molar refractivity (Wildman–Crippen MR) is 89.6 cm³/mol. The number of piperazine rings is 1. The van der Waals surface area contributed by atoms with Crippen LogP contribution in [0.3, 0.4) is 0 Å². The second-order valence-corrected chi connectivity index (χ2v) is 8.35. The van der Waals surface area contributed by atoms with Gasteiger partial charge in [-0.05, 0) is 38.5 Å². The molecule has 0 bridgehead atoms. The molecule has 2 heterocycles. The van der Waals surface area contributed by atoms with Gasteiger partial charge in [0, 0.05) is 36.6 Å². The number of hydrogen-bond donors (Lipinski definition) is 1. The molecule has 2 fully saturated rings. The van der Waals surface area contributed by atoms with Gasteiger partial charge in [0.15, 0.2) is 0 Å². The summed E-state index contributed by atoms with van der Waals surface area (Å²) < 4.78 is 0. The lowest BCUT2D eigenvalue weighted by Gasteiger charge is -2.48. The van der Waals surface area contributed by atoms with E-state index >= 15 is 0 Å². The van der Waals surface area contributed by atoms with E-state index in [9.17, 15) is 0 Å². The largest absolute Gasteiger partial charge is 0.308 e. The number of aromatic nitrogens is 1. The third-order valence-corrected chi connectivity index (χ3v) is 6.35. The Hall–Kier alpha value is -0.450. The molecule has 1 aliphatic heterocycles. The molecule has 3 atom stereocenters. The van der Waals surface area contributed by atoms with Crippen molar-refractivity contribution in [1.29, 1.82) is 0 Å². The van der Waals surface area contributed by atoms with Crippen LogP contribution >= 0.6 is 11.3 Å². The maximum atomic E-state index is 4.69. The third kappa shape index (κ3) is 3.33. The minimum atomic E-state index is 0.315. The van der Waals surface area contributed by atoms with Crippen LogP contribution in [0, 0.1) is 18.8 Å². The summed E-state index contributed by atoms with van der Waals surface area (Å²) in [5.74, 6) is 1.62. The highest BCUT2D eigenvalue weighted by molar-refractivity contribution is 7.09. The summed E-state index contributed by atoms with van der Waals surface area (Å²) in [6, 6.07) is 0.642. The molecule has 0 spiro atoms. The zero-order valence-corrected chi connectivity index (χ0v) is 14.7. The quantitative estimate of drug-likeness (QED) is 0.903. The highest BCUT2D eigenvalue weighted by Crippen LogP contribution is 2.42. The van der Waals surface area contributed by atoms with Gasteiger partial charge >= 0.3 is 0 Å². The Kier molecular flexibility index (Phi) is 4.40. The van der Waals surface area contributed by atoms with Crippen LogP contribution < -0.4 is 5.32 Å². The molecule has 21 heavy (non-hydrogen) atoms. The molecule has 1 aromatic heterocycles. The summed E-state index contributed by atoms with van der Waals surface area (Å²) in [5, 5.41) is 7.31. The van der Waals surface area contributed by atoms with Gasteiger partial charge in [-0.2, -0.15) is 0 Å². The lowest BCUT2D eigenvalue weighted by Crippen LogP contribution is -2.64. The molecule has 0 amide bonds. The minimum Gasteiger partial charge on any atom is -0.308 e. The fourth-order valence-electron chi connectivity index (χ4n) is 3.75. The van der Waals surface area contributed by atoms with E-state index in [4.69, 9.17) is 0 Å². The summed E-state index contributed by atoms with van der Waals surface area (Å²) >= 11 is 1.77. The summed E-state index contributed by atoms with van der Waals surface area (Å²) in [4.78, 5) is 7.39. The number of hydrogen-bond acceptors (Lipinski definition) is 4. The van der Waals surface area contributed by atoms with Gasteiger partial charge in [-0.15, -0.1) is 11.3 Å². The molecule has 2 aliphatic rings. The van der Waals surface area contributed by atoms with E-state index < -0.39 is 0 Å². The highest BCUT2D eigenvalue weighted by atomic mass is 32.1.